The highest BCUT2D eigenvalue weighted by Crippen LogP contribution is 2.36. The largest absolute Gasteiger partial charge is 0.495 e. The summed E-state index contributed by atoms with van der Waals surface area (Å²) in [5.41, 5.74) is -1.01. The van der Waals surface area contributed by atoms with Gasteiger partial charge in [-0.25, -0.2) is 12.8 Å². The van der Waals surface area contributed by atoms with Gasteiger partial charge >= 0.3 is 5.97 Å². The number of hydrogen-bond acceptors (Lipinski definition) is 4. The number of carboxylic acid groups (broad SMARTS) is 1. The van der Waals surface area contributed by atoms with Crippen molar-refractivity contribution in [2.24, 2.45) is 0 Å². The second kappa shape index (κ2) is 5.40. The summed E-state index contributed by atoms with van der Waals surface area (Å²) < 4.78 is 42.8. The van der Waals surface area contributed by atoms with E-state index in [0.29, 0.717) is 0 Å². The van der Waals surface area contributed by atoms with Crippen molar-refractivity contribution in [3.8, 4) is 5.75 Å². The molecule has 0 atom stereocenters. The molecule has 0 radical (unpaired) electrons. The Morgan fingerprint density at radius 3 is 2.35 bits per heavy atom. The van der Waals surface area contributed by atoms with Gasteiger partial charge < -0.3 is 9.84 Å². The monoisotopic (exact) mass is 304 g/mol. The van der Waals surface area contributed by atoms with Gasteiger partial charge in [-0.15, -0.1) is 0 Å². The van der Waals surface area contributed by atoms with Crippen molar-refractivity contribution in [1.82, 2.24) is 0 Å². The van der Waals surface area contributed by atoms with Crippen LogP contribution in [-0.4, -0.2) is 32.9 Å². The van der Waals surface area contributed by atoms with Crippen molar-refractivity contribution in [2.45, 2.75) is 30.6 Å². The topological polar surface area (TPSA) is 80.7 Å². The van der Waals surface area contributed by atoms with Crippen LogP contribution in [0, 0.1) is 5.82 Å². The molecule has 0 aliphatic heterocycles. The Kier molecular flexibility index (Phi) is 4.43. The normalized spacial score (nSPS) is 12.2. The second-order valence-corrected chi connectivity index (χ2v) is 7.14. The molecule has 0 spiro atoms. The minimum absolute atomic E-state index is 0.0288. The van der Waals surface area contributed by atoms with E-state index in [1.807, 2.05) is 0 Å². The SMILES string of the molecule is COc1ccc(C(C)(C)CC(=O)O)c(F)c1S(C)(=O)=O. The van der Waals surface area contributed by atoms with Crippen LogP contribution in [-0.2, 0) is 20.0 Å². The molecule has 0 heterocycles. The van der Waals surface area contributed by atoms with Crippen molar-refractivity contribution >= 4 is 15.8 Å². The molecule has 1 aromatic carbocycles. The van der Waals surface area contributed by atoms with Crippen molar-refractivity contribution in [2.75, 3.05) is 13.4 Å². The van der Waals surface area contributed by atoms with Crippen LogP contribution in [0.1, 0.15) is 25.8 Å². The molecular weight excluding hydrogens is 287 g/mol. The van der Waals surface area contributed by atoms with Gasteiger partial charge in [0.25, 0.3) is 0 Å². The Morgan fingerprint density at radius 1 is 1.40 bits per heavy atom. The molecule has 1 N–H and O–H groups in total. The molecule has 5 nitrogen and oxygen atoms in total. The smallest absolute Gasteiger partial charge is 0.304 e. The van der Waals surface area contributed by atoms with Crippen LogP contribution in [0.2, 0.25) is 0 Å². The molecule has 0 aliphatic rings. The number of carbonyl (C=O) groups is 1. The van der Waals surface area contributed by atoms with E-state index < -0.39 is 31.9 Å². The molecule has 0 aliphatic carbocycles. The molecule has 0 unspecified atom stereocenters. The third kappa shape index (κ3) is 3.27. The minimum atomic E-state index is -3.83. The third-order valence-corrected chi connectivity index (χ3v) is 4.10. The molecule has 112 valence electrons. The highest BCUT2D eigenvalue weighted by molar-refractivity contribution is 7.90. The quantitative estimate of drug-likeness (QED) is 0.899. The van der Waals surface area contributed by atoms with Crippen LogP contribution in [0.5, 0.6) is 5.75 Å². The number of sulfone groups is 1. The van der Waals surface area contributed by atoms with E-state index in [1.54, 1.807) is 0 Å². The zero-order chi connectivity index (χ0) is 15.7. The van der Waals surface area contributed by atoms with Crippen molar-refractivity contribution in [1.29, 1.82) is 0 Å². The van der Waals surface area contributed by atoms with Gasteiger partial charge in [0.05, 0.1) is 13.5 Å². The number of hydrogen-bond donors (Lipinski definition) is 1. The molecule has 0 saturated carbocycles. The molecule has 7 heteroatoms. The summed E-state index contributed by atoms with van der Waals surface area (Å²) in [7, 11) is -2.59. The Bertz CT molecular complexity index is 634. The summed E-state index contributed by atoms with van der Waals surface area (Å²) in [6.07, 6.45) is 0.557. The molecule has 0 bridgehead atoms. The Labute approximate surface area is 117 Å². The molecular formula is C13H17FO5S. The number of halogens is 1. The minimum Gasteiger partial charge on any atom is -0.495 e. The average Bonchev–Trinajstić information content (AvgIpc) is 2.24. The molecule has 20 heavy (non-hydrogen) atoms. The maximum atomic E-state index is 14.5. The lowest BCUT2D eigenvalue weighted by Crippen LogP contribution is -2.24. The molecule has 0 fully saturated rings. The molecule has 1 rings (SSSR count). The van der Waals surface area contributed by atoms with E-state index in [-0.39, 0.29) is 17.7 Å². The third-order valence-electron chi connectivity index (χ3n) is 2.97. The highest BCUT2D eigenvalue weighted by atomic mass is 32.2. The van der Waals surface area contributed by atoms with Gasteiger partial charge in [0, 0.05) is 11.7 Å². The zero-order valence-corrected chi connectivity index (χ0v) is 12.5. The van der Waals surface area contributed by atoms with E-state index in [2.05, 4.69) is 0 Å². The fourth-order valence-corrected chi connectivity index (χ4v) is 2.99. The van der Waals surface area contributed by atoms with Gasteiger partial charge in [-0.05, 0) is 11.6 Å². The van der Waals surface area contributed by atoms with Gasteiger partial charge in [-0.1, -0.05) is 19.9 Å². The number of benzene rings is 1. The predicted molar refractivity (Wildman–Crippen MR) is 71.3 cm³/mol. The zero-order valence-electron chi connectivity index (χ0n) is 11.7. The van der Waals surface area contributed by atoms with Crippen LogP contribution in [0.4, 0.5) is 4.39 Å². The number of methoxy groups -OCH3 is 1. The molecule has 0 aromatic heterocycles. The van der Waals surface area contributed by atoms with E-state index in [1.165, 1.54) is 33.1 Å². The van der Waals surface area contributed by atoms with Gasteiger partial charge in [-0.2, -0.15) is 0 Å². The summed E-state index contributed by atoms with van der Waals surface area (Å²) in [5, 5.41) is 8.87. The fourth-order valence-electron chi connectivity index (χ4n) is 2.04. The molecule has 1 aromatic rings. The highest BCUT2D eigenvalue weighted by Gasteiger charge is 2.32. The first-order valence-corrected chi connectivity index (χ1v) is 7.68. The number of rotatable bonds is 5. The lowest BCUT2D eigenvalue weighted by molar-refractivity contribution is -0.138. The summed E-state index contributed by atoms with van der Waals surface area (Å²) >= 11 is 0. The van der Waals surface area contributed by atoms with Crippen LogP contribution >= 0.6 is 0 Å². The lowest BCUT2D eigenvalue weighted by Gasteiger charge is -2.25. The Hall–Kier alpha value is -1.63. The lowest BCUT2D eigenvalue weighted by atomic mass is 9.81. The first kappa shape index (κ1) is 16.4. The number of carboxylic acids is 1. The van der Waals surface area contributed by atoms with Gasteiger partial charge in [0.2, 0.25) is 0 Å². The summed E-state index contributed by atoms with van der Waals surface area (Å²) in [6, 6.07) is 2.68. The van der Waals surface area contributed by atoms with E-state index in [9.17, 15) is 17.6 Å². The summed E-state index contributed by atoms with van der Waals surface area (Å²) in [4.78, 5) is 10.3. The predicted octanol–water partition coefficient (Wildman–Crippen LogP) is 1.99. The maximum absolute atomic E-state index is 14.5. The fraction of sp³-hybridized carbons (Fsp3) is 0.462. The van der Waals surface area contributed by atoms with Crippen LogP contribution in [0.25, 0.3) is 0 Å². The van der Waals surface area contributed by atoms with E-state index in [4.69, 9.17) is 9.84 Å². The summed E-state index contributed by atoms with van der Waals surface area (Å²) in [6.45, 7) is 3.08. The number of aliphatic carboxylic acids is 1. The molecule has 0 amide bonds. The van der Waals surface area contributed by atoms with Gasteiger partial charge in [0.1, 0.15) is 16.5 Å². The van der Waals surface area contributed by atoms with Crippen molar-refractivity contribution in [3.05, 3.63) is 23.5 Å². The van der Waals surface area contributed by atoms with Gasteiger partial charge in [0.15, 0.2) is 9.84 Å². The standard InChI is InChI=1S/C13H17FO5S/c1-13(2,7-10(15)16)8-5-6-9(19-3)12(11(8)14)20(4,17)18/h5-6H,7H2,1-4H3,(H,15,16). The first-order valence-electron chi connectivity index (χ1n) is 5.79. The average molecular weight is 304 g/mol. The summed E-state index contributed by atoms with van der Waals surface area (Å²) in [5.74, 6) is -2.15. The van der Waals surface area contributed by atoms with Crippen LogP contribution in [0.3, 0.4) is 0 Å². The van der Waals surface area contributed by atoms with Crippen molar-refractivity contribution < 1.29 is 27.4 Å². The second-order valence-electron chi connectivity index (χ2n) is 5.19. The van der Waals surface area contributed by atoms with Crippen molar-refractivity contribution in [3.63, 3.8) is 0 Å². The van der Waals surface area contributed by atoms with E-state index in [0.717, 1.165) is 6.26 Å². The molecule has 0 saturated heterocycles. The Balaban J connectivity index is 3.58. The maximum Gasteiger partial charge on any atom is 0.304 e. The number of ether oxygens (including phenoxy) is 1. The van der Waals surface area contributed by atoms with Crippen LogP contribution in [0.15, 0.2) is 17.0 Å². The van der Waals surface area contributed by atoms with E-state index >= 15 is 0 Å². The Morgan fingerprint density at radius 2 is 1.95 bits per heavy atom. The van der Waals surface area contributed by atoms with Gasteiger partial charge in [-0.3, -0.25) is 4.79 Å². The first-order chi connectivity index (χ1) is 9.00. The van der Waals surface area contributed by atoms with Crippen LogP contribution < -0.4 is 4.74 Å².